The van der Waals surface area contributed by atoms with Crippen LogP contribution in [0.3, 0.4) is 0 Å². The van der Waals surface area contributed by atoms with E-state index in [1.807, 2.05) is 0 Å². The lowest BCUT2D eigenvalue weighted by molar-refractivity contribution is -0.138. The van der Waals surface area contributed by atoms with Gasteiger partial charge < -0.3 is 0 Å². The zero-order chi connectivity index (χ0) is 18.0. The van der Waals surface area contributed by atoms with E-state index >= 15 is 0 Å². The second-order valence-electron chi connectivity index (χ2n) is 5.69. The SMILES string of the molecule is O=C1CCCCN1c1ccc(=O)n(Cc2ncccc2C(F)(F)F)n1. The van der Waals surface area contributed by atoms with Crippen LogP contribution in [0.25, 0.3) is 0 Å². The summed E-state index contributed by atoms with van der Waals surface area (Å²) < 4.78 is 40.1. The first-order valence-corrected chi connectivity index (χ1v) is 7.76. The number of hydrogen-bond acceptors (Lipinski definition) is 4. The Morgan fingerprint density at radius 2 is 1.92 bits per heavy atom. The van der Waals surface area contributed by atoms with Gasteiger partial charge in [0.2, 0.25) is 5.91 Å². The van der Waals surface area contributed by atoms with Crippen molar-refractivity contribution in [3.05, 3.63) is 52.1 Å². The van der Waals surface area contributed by atoms with Crippen molar-refractivity contribution < 1.29 is 18.0 Å². The summed E-state index contributed by atoms with van der Waals surface area (Å²) in [6.45, 7) is 0.0474. The van der Waals surface area contributed by atoms with Crippen LogP contribution in [-0.2, 0) is 17.5 Å². The molecule has 2 aromatic heterocycles. The lowest BCUT2D eigenvalue weighted by atomic mass is 10.1. The van der Waals surface area contributed by atoms with Gasteiger partial charge in [-0.15, -0.1) is 0 Å². The van der Waals surface area contributed by atoms with Crippen LogP contribution in [-0.4, -0.2) is 27.2 Å². The number of halogens is 3. The van der Waals surface area contributed by atoms with E-state index in [0.29, 0.717) is 13.0 Å². The van der Waals surface area contributed by atoms with Crippen LogP contribution < -0.4 is 10.5 Å². The molecule has 1 saturated heterocycles. The number of piperidine rings is 1. The van der Waals surface area contributed by atoms with E-state index in [1.165, 1.54) is 29.3 Å². The molecule has 0 bridgehead atoms. The Kier molecular flexibility index (Phi) is 4.56. The van der Waals surface area contributed by atoms with E-state index in [4.69, 9.17) is 0 Å². The number of carbonyl (C=O) groups is 1. The molecule has 3 rings (SSSR count). The third-order valence-electron chi connectivity index (χ3n) is 3.95. The molecule has 0 unspecified atom stereocenters. The smallest absolute Gasteiger partial charge is 0.295 e. The zero-order valence-electron chi connectivity index (χ0n) is 13.2. The minimum absolute atomic E-state index is 0.113. The Labute approximate surface area is 140 Å². The maximum absolute atomic E-state index is 13.1. The molecule has 3 heterocycles. The van der Waals surface area contributed by atoms with E-state index in [1.54, 1.807) is 0 Å². The average molecular weight is 352 g/mol. The Morgan fingerprint density at radius 3 is 2.64 bits per heavy atom. The second kappa shape index (κ2) is 6.66. The van der Waals surface area contributed by atoms with Gasteiger partial charge in [-0.1, -0.05) is 0 Å². The van der Waals surface area contributed by atoms with Gasteiger partial charge in [-0.3, -0.25) is 19.5 Å². The highest BCUT2D eigenvalue weighted by Gasteiger charge is 2.34. The fourth-order valence-corrected chi connectivity index (χ4v) is 2.71. The summed E-state index contributed by atoms with van der Waals surface area (Å²) >= 11 is 0. The quantitative estimate of drug-likeness (QED) is 0.849. The number of nitrogens with zero attached hydrogens (tertiary/aromatic N) is 4. The lowest BCUT2D eigenvalue weighted by Gasteiger charge is -2.25. The van der Waals surface area contributed by atoms with Gasteiger partial charge >= 0.3 is 6.18 Å². The highest BCUT2D eigenvalue weighted by atomic mass is 19.4. The van der Waals surface area contributed by atoms with Gasteiger partial charge in [-0.05, 0) is 31.0 Å². The molecule has 0 aliphatic carbocycles. The Balaban J connectivity index is 1.95. The largest absolute Gasteiger partial charge is 0.418 e. The zero-order valence-corrected chi connectivity index (χ0v) is 13.2. The van der Waals surface area contributed by atoms with E-state index in [2.05, 4.69) is 10.1 Å². The predicted octanol–water partition coefficient (Wildman–Crippen LogP) is 2.22. The molecule has 0 spiro atoms. The molecule has 132 valence electrons. The van der Waals surface area contributed by atoms with Crippen LogP contribution in [0, 0.1) is 0 Å². The minimum Gasteiger partial charge on any atom is -0.295 e. The van der Waals surface area contributed by atoms with Gasteiger partial charge in [0, 0.05) is 25.2 Å². The number of carbonyl (C=O) groups excluding carboxylic acids is 1. The highest BCUT2D eigenvalue weighted by Crippen LogP contribution is 2.31. The molecule has 25 heavy (non-hydrogen) atoms. The van der Waals surface area contributed by atoms with Crippen LogP contribution in [0.2, 0.25) is 0 Å². The van der Waals surface area contributed by atoms with Crippen molar-refractivity contribution in [2.75, 3.05) is 11.4 Å². The molecule has 0 radical (unpaired) electrons. The first kappa shape index (κ1) is 17.1. The van der Waals surface area contributed by atoms with E-state index in [0.717, 1.165) is 23.6 Å². The second-order valence-corrected chi connectivity index (χ2v) is 5.69. The molecular weight excluding hydrogens is 337 g/mol. The number of alkyl halides is 3. The fraction of sp³-hybridized carbons (Fsp3) is 0.375. The van der Waals surface area contributed by atoms with Crippen molar-refractivity contribution in [2.24, 2.45) is 0 Å². The van der Waals surface area contributed by atoms with Gasteiger partial charge in [-0.25, -0.2) is 4.68 Å². The molecule has 9 heteroatoms. The summed E-state index contributed by atoms with van der Waals surface area (Å²) in [7, 11) is 0. The fourth-order valence-electron chi connectivity index (χ4n) is 2.71. The van der Waals surface area contributed by atoms with Crippen LogP contribution in [0.5, 0.6) is 0 Å². The monoisotopic (exact) mass is 352 g/mol. The van der Waals surface area contributed by atoms with Crippen LogP contribution in [0.15, 0.2) is 35.3 Å². The van der Waals surface area contributed by atoms with Crippen LogP contribution in [0.4, 0.5) is 19.0 Å². The van der Waals surface area contributed by atoms with Gasteiger partial charge in [0.1, 0.15) is 0 Å². The molecule has 6 nitrogen and oxygen atoms in total. The van der Waals surface area contributed by atoms with Crippen molar-refractivity contribution in [2.45, 2.75) is 32.0 Å². The lowest BCUT2D eigenvalue weighted by Crippen LogP contribution is -2.37. The molecule has 1 fully saturated rings. The molecule has 0 saturated carbocycles. The average Bonchev–Trinajstić information content (AvgIpc) is 2.57. The molecule has 0 N–H and O–H groups in total. The Bertz CT molecular complexity index is 848. The Hall–Kier alpha value is -2.71. The number of amides is 1. The number of anilines is 1. The number of hydrogen-bond donors (Lipinski definition) is 0. The summed E-state index contributed by atoms with van der Waals surface area (Å²) in [5.41, 5.74) is -1.78. The maximum Gasteiger partial charge on any atom is 0.418 e. The normalized spacial score (nSPS) is 15.5. The molecule has 0 aromatic carbocycles. The van der Waals surface area contributed by atoms with Crippen molar-refractivity contribution in [1.29, 1.82) is 0 Å². The summed E-state index contributed by atoms with van der Waals surface area (Å²) in [5, 5.41) is 4.07. The summed E-state index contributed by atoms with van der Waals surface area (Å²) in [6, 6.07) is 4.70. The van der Waals surface area contributed by atoms with Crippen molar-refractivity contribution in [3.63, 3.8) is 0 Å². The Morgan fingerprint density at radius 1 is 1.12 bits per heavy atom. The molecule has 2 aromatic rings. The summed E-state index contributed by atoms with van der Waals surface area (Å²) in [6.07, 6.45) is -1.36. The maximum atomic E-state index is 13.1. The third-order valence-corrected chi connectivity index (χ3v) is 3.95. The standard InChI is InChI=1S/C16H15F3N4O2/c17-16(18,19)11-4-3-8-20-12(11)10-23-15(25)7-6-13(21-23)22-9-2-1-5-14(22)24/h3-4,6-8H,1-2,5,9-10H2. The van der Waals surface area contributed by atoms with Gasteiger partial charge in [0.05, 0.1) is 17.8 Å². The van der Waals surface area contributed by atoms with Gasteiger partial charge in [0.25, 0.3) is 5.56 Å². The van der Waals surface area contributed by atoms with Crippen molar-refractivity contribution in [1.82, 2.24) is 14.8 Å². The predicted molar refractivity (Wildman–Crippen MR) is 83.0 cm³/mol. The molecule has 1 aliphatic heterocycles. The first-order valence-electron chi connectivity index (χ1n) is 7.76. The molecule has 1 aliphatic rings. The summed E-state index contributed by atoms with van der Waals surface area (Å²) in [5.74, 6) is 0.145. The van der Waals surface area contributed by atoms with Crippen LogP contribution in [0.1, 0.15) is 30.5 Å². The molecule has 0 atom stereocenters. The van der Waals surface area contributed by atoms with Crippen molar-refractivity contribution >= 4 is 11.7 Å². The van der Waals surface area contributed by atoms with Crippen LogP contribution >= 0.6 is 0 Å². The van der Waals surface area contributed by atoms with Gasteiger partial charge in [0.15, 0.2) is 5.82 Å². The summed E-state index contributed by atoms with van der Waals surface area (Å²) in [4.78, 5) is 29.1. The topological polar surface area (TPSA) is 68.1 Å². The molecular formula is C16H15F3N4O2. The van der Waals surface area contributed by atoms with Crippen molar-refractivity contribution in [3.8, 4) is 0 Å². The first-order chi connectivity index (χ1) is 11.9. The van der Waals surface area contributed by atoms with E-state index < -0.39 is 23.8 Å². The minimum atomic E-state index is -4.58. The highest BCUT2D eigenvalue weighted by molar-refractivity contribution is 5.92. The number of aromatic nitrogens is 3. The number of pyridine rings is 1. The molecule has 1 amide bonds. The van der Waals surface area contributed by atoms with Gasteiger partial charge in [-0.2, -0.15) is 18.3 Å². The third kappa shape index (κ3) is 3.70. The van der Waals surface area contributed by atoms with E-state index in [-0.39, 0.29) is 17.4 Å². The van der Waals surface area contributed by atoms with E-state index in [9.17, 15) is 22.8 Å². The number of rotatable bonds is 3.